The van der Waals surface area contributed by atoms with E-state index >= 15 is 0 Å². The maximum absolute atomic E-state index is 11.4. The molecule has 0 saturated carbocycles. The van der Waals surface area contributed by atoms with E-state index in [-0.39, 0.29) is 0 Å². The van der Waals surface area contributed by atoms with Gasteiger partial charge in [-0.15, -0.1) is 11.3 Å². The molecule has 1 N–H and O–H groups in total. The molecule has 0 saturated heterocycles. The molecular weight excluding hydrogens is 416 g/mol. The van der Waals surface area contributed by atoms with Crippen LogP contribution in [-0.2, 0) is 6.54 Å². The first-order valence-electron chi connectivity index (χ1n) is 10.1. The highest BCUT2D eigenvalue weighted by Crippen LogP contribution is 2.40. The smallest absolute Gasteiger partial charge is 0.183 e. The van der Waals surface area contributed by atoms with Gasteiger partial charge in [0.25, 0.3) is 0 Å². The molecule has 0 aliphatic rings. The van der Waals surface area contributed by atoms with Gasteiger partial charge in [-0.3, -0.25) is 0 Å². The number of aromatic nitrogens is 1. The van der Waals surface area contributed by atoms with Crippen molar-refractivity contribution < 1.29 is 9.84 Å². The monoisotopic (exact) mass is 444 g/mol. The summed E-state index contributed by atoms with van der Waals surface area (Å²) >= 11 is 7.38. The van der Waals surface area contributed by atoms with E-state index in [9.17, 15) is 5.11 Å². The second-order valence-corrected chi connectivity index (χ2v) is 9.60. The zero-order chi connectivity index (χ0) is 21.8. The first kappa shape index (κ1) is 22.6. The number of nitrogens with zero attached hydrogens (tertiary/aromatic N) is 2. The fraction of sp³-hybridized carbons (Fsp3) is 0.375. The Balaban J connectivity index is 2.13. The van der Waals surface area contributed by atoms with Crippen LogP contribution in [0, 0.1) is 0 Å². The highest BCUT2D eigenvalue weighted by molar-refractivity contribution is 7.15. The van der Waals surface area contributed by atoms with Crippen LogP contribution in [0.5, 0.6) is 5.75 Å². The summed E-state index contributed by atoms with van der Waals surface area (Å²) in [6, 6.07) is 14.4. The number of aliphatic hydroxyl groups excluding tert-OH is 1. The van der Waals surface area contributed by atoms with E-state index in [1.54, 1.807) is 13.3 Å². The molecule has 6 heteroatoms. The maximum Gasteiger partial charge on any atom is 0.183 e. The van der Waals surface area contributed by atoms with Gasteiger partial charge in [0.1, 0.15) is 5.75 Å². The lowest BCUT2D eigenvalue weighted by Crippen LogP contribution is -2.30. The third-order valence-electron chi connectivity index (χ3n) is 5.19. The zero-order valence-corrected chi connectivity index (χ0v) is 19.7. The van der Waals surface area contributed by atoms with E-state index in [4.69, 9.17) is 16.3 Å². The summed E-state index contributed by atoms with van der Waals surface area (Å²) in [6.07, 6.45) is 0.806. The van der Waals surface area contributed by atoms with Crippen LogP contribution < -0.4 is 9.64 Å². The Morgan fingerprint density at radius 2 is 1.63 bits per heavy atom. The molecule has 1 heterocycles. The molecule has 0 radical (unpaired) electrons. The number of thiazole rings is 1. The van der Waals surface area contributed by atoms with E-state index in [2.05, 4.69) is 55.8 Å². The highest BCUT2D eigenvalue weighted by atomic mass is 35.5. The third kappa shape index (κ3) is 4.97. The molecule has 3 aromatic rings. The van der Waals surface area contributed by atoms with Crippen molar-refractivity contribution in [3.05, 3.63) is 74.7 Å². The van der Waals surface area contributed by atoms with Crippen LogP contribution in [0.3, 0.4) is 0 Å². The van der Waals surface area contributed by atoms with Gasteiger partial charge in [-0.1, -0.05) is 69.6 Å². The fourth-order valence-corrected chi connectivity index (χ4v) is 4.55. The summed E-state index contributed by atoms with van der Waals surface area (Å²) in [7, 11) is 1.66. The lowest BCUT2D eigenvalue weighted by molar-refractivity contribution is 0.172. The van der Waals surface area contributed by atoms with Gasteiger partial charge in [0.05, 0.1) is 12.0 Å². The summed E-state index contributed by atoms with van der Waals surface area (Å²) in [5.41, 5.74) is 4.59. The predicted molar refractivity (Wildman–Crippen MR) is 126 cm³/mol. The quantitative estimate of drug-likeness (QED) is 0.390. The van der Waals surface area contributed by atoms with Crippen molar-refractivity contribution in [1.29, 1.82) is 0 Å². The minimum absolute atomic E-state index is 0.314. The second-order valence-electron chi connectivity index (χ2n) is 7.96. The van der Waals surface area contributed by atoms with E-state index < -0.39 is 6.23 Å². The molecule has 160 valence electrons. The molecule has 1 unspecified atom stereocenters. The molecule has 0 bridgehead atoms. The number of benzene rings is 2. The normalized spacial score (nSPS) is 12.4. The molecule has 2 aromatic carbocycles. The Morgan fingerprint density at radius 1 is 1.03 bits per heavy atom. The van der Waals surface area contributed by atoms with Gasteiger partial charge in [-0.05, 0) is 40.7 Å². The molecular formula is C24H29ClN2O2S. The molecule has 0 aliphatic carbocycles. The van der Waals surface area contributed by atoms with Crippen molar-refractivity contribution in [2.24, 2.45) is 0 Å². The molecule has 1 aromatic heterocycles. The molecule has 0 fully saturated rings. The zero-order valence-electron chi connectivity index (χ0n) is 18.1. The van der Waals surface area contributed by atoms with Gasteiger partial charge in [-0.25, -0.2) is 4.98 Å². The molecule has 0 amide bonds. The Morgan fingerprint density at radius 3 is 2.10 bits per heavy atom. The van der Waals surface area contributed by atoms with E-state index in [0.29, 0.717) is 22.8 Å². The van der Waals surface area contributed by atoms with Crippen molar-refractivity contribution >= 4 is 28.6 Å². The third-order valence-corrected chi connectivity index (χ3v) is 6.34. The van der Waals surface area contributed by atoms with Gasteiger partial charge in [0.2, 0.25) is 0 Å². The number of halogens is 1. The van der Waals surface area contributed by atoms with Crippen LogP contribution in [-0.4, -0.2) is 17.2 Å². The topological polar surface area (TPSA) is 45.6 Å². The Bertz CT molecular complexity index is 943. The lowest BCUT2D eigenvalue weighted by Gasteiger charge is -2.35. The van der Waals surface area contributed by atoms with Gasteiger partial charge in [-0.2, -0.15) is 0 Å². The largest absolute Gasteiger partial charge is 0.497 e. The predicted octanol–water partition coefficient (Wildman–Crippen LogP) is 6.75. The van der Waals surface area contributed by atoms with Crippen LogP contribution in [0.25, 0.3) is 0 Å². The fourth-order valence-electron chi connectivity index (χ4n) is 3.60. The molecule has 30 heavy (non-hydrogen) atoms. The summed E-state index contributed by atoms with van der Waals surface area (Å²) in [6.45, 7) is 9.29. The SMILES string of the molecule is COc1ccc(CN(c2c(C(C)C)cccc2C(C)C)C(O)c2cnc(Cl)s2)cc1. The Hall–Kier alpha value is -2.08. The minimum atomic E-state index is -0.852. The summed E-state index contributed by atoms with van der Waals surface area (Å²) in [5.74, 6) is 1.44. The average molecular weight is 445 g/mol. The number of hydrogen-bond acceptors (Lipinski definition) is 5. The lowest BCUT2D eigenvalue weighted by atomic mass is 9.91. The minimum Gasteiger partial charge on any atom is -0.497 e. The van der Waals surface area contributed by atoms with Crippen LogP contribution in [0.1, 0.15) is 67.3 Å². The molecule has 1 atom stereocenters. The van der Waals surface area contributed by atoms with Gasteiger partial charge < -0.3 is 14.7 Å². The van der Waals surface area contributed by atoms with Crippen LogP contribution >= 0.6 is 22.9 Å². The Kier molecular flexibility index (Phi) is 7.40. The number of methoxy groups -OCH3 is 1. The molecule has 0 spiro atoms. The average Bonchev–Trinajstić information content (AvgIpc) is 3.17. The number of anilines is 1. The van der Waals surface area contributed by atoms with Gasteiger partial charge >= 0.3 is 0 Å². The van der Waals surface area contributed by atoms with E-state index in [0.717, 1.165) is 21.9 Å². The van der Waals surface area contributed by atoms with E-state index in [1.807, 2.05) is 24.3 Å². The maximum atomic E-state index is 11.4. The molecule has 3 rings (SSSR count). The number of aliphatic hydroxyl groups is 1. The van der Waals surface area contributed by atoms with Gasteiger partial charge in [0, 0.05) is 18.4 Å². The summed E-state index contributed by atoms with van der Waals surface area (Å²) in [5, 5.41) is 11.4. The van der Waals surface area contributed by atoms with Crippen molar-refractivity contribution in [2.45, 2.75) is 52.3 Å². The number of rotatable bonds is 8. The number of ether oxygens (including phenoxy) is 1. The van der Waals surface area contributed by atoms with Crippen LogP contribution in [0.2, 0.25) is 4.47 Å². The summed E-state index contributed by atoms with van der Waals surface area (Å²) in [4.78, 5) is 6.93. The number of hydrogen-bond donors (Lipinski definition) is 1. The van der Waals surface area contributed by atoms with Crippen molar-refractivity contribution in [3.63, 3.8) is 0 Å². The molecule has 4 nitrogen and oxygen atoms in total. The van der Waals surface area contributed by atoms with Crippen LogP contribution in [0.15, 0.2) is 48.7 Å². The Labute approximate surface area is 188 Å². The van der Waals surface area contributed by atoms with Crippen molar-refractivity contribution in [3.8, 4) is 5.75 Å². The summed E-state index contributed by atoms with van der Waals surface area (Å²) < 4.78 is 5.72. The van der Waals surface area contributed by atoms with Crippen LogP contribution in [0.4, 0.5) is 5.69 Å². The standard InChI is InChI=1S/C24H29ClN2O2S/c1-15(2)19-7-6-8-20(16(3)4)22(19)27(23(28)21-13-26-24(25)30-21)14-17-9-11-18(29-5)12-10-17/h6-13,15-16,23,28H,14H2,1-5H3. The first-order valence-corrected chi connectivity index (χ1v) is 11.3. The van der Waals surface area contributed by atoms with Crippen molar-refractivity contribution in [1.82, 2.24) is 4.98 Å². The first-order chi connectivity index (χ1) is 14.3. The molecule has 0 aliphatic heterocycles. The number of para-hydroxylation sites is 1. The van der Waals surface area contributed by atoms with E-state index in [1.165, 1.54) is 22.5 Å². The highest BCUT2D eigenvalue weighted by Gasteiger charge is 2.27. The van der Waals surface area contributed by atoms with Crippen molar-refractivity contribution in [2.75, 3.05) is 12.0 Å². The second kappa shape index (κ2) is 9.82. The van der Waals surface area contributed by atoms with Gasteiger partial charge in [0.15, 0.2) is 10.7 Å².